The van der Waals surface area contributed by atoms with Crippen LogP contribution in [0.2, 0.25) is 0 Å². The molecular formula is C9H8N4O4. The molecule has 0 aliphatic heterocycles. The predicted octanol–water partition coefficient (Wildman–Crippen LogP) is 0.477. The molecule has 0 amide bonds. The number of aromatic amines is 1. The minimum absolute atomic E-state index is 0.0717. The number of benzene rings is 1. The van der Waals surface area contributed by atoms with Crippen molar-refractivity contribution in [3.05, 3.63) is 45.1 Å². The van der Waals surface area contributed by atoms with E-state index in [1.54, 1.807) is 0 Å². The minimum atomic E-state index is -0.560. The quantitative estimate of drug-likeness (QED) is 0.616. The van der Waals surface area contributed by atoms with Gasteiger partial charge in [-0.05, 0) is 6.07 Å². The first-order valence-electron chi connectivity index (χ1n) is 4.59. The molecule has 2 aromatic rings. The van der Waals surface area contributed by atoms with Crippen LogP contribution in [0.3, 0.4) is 0 Å². The van der Waals surface area contributed by atoms with Gasteiger partial charge in [0, 0.05) is 12.1 Å². The van der Waals surface area contributed by atoms with Crippen LogP contribution in [0.15, 0.2) is 29.3 Å². The Hall–Kier alpha value is -2.64. The predicted molar refractivity (Wildman–Crippen MR) is 57.4 cm³/mol. The molecule has 0 fully saturated rings. The van der Waals surface area contributed by atoms with Crippen molar-refractivity contribution >= 4 is 5.69 Å². The van der Waals surface area contributed by atoms with E-state index in [9.17, 15) is 14.9 Å². The van der Waals surface area contributed by atoms with Gasteiger partial charge in [-0.2, -0.15) is 9.78 Å². The zero-order valence-corrected chi connectivity index (χ0v) is 8.78. The Labute approximate surface area is 94.6 Å². The van der Waals surface area contributed by atoms with E-state index in [2.05, 4.69) is 10.1 Å². The monoisotopic (exact) mass is 236 g/mol. The van der Waals surface area contributed by atoms with Gasteiger partial charge in [0.15, 0.2) is 5.75 Å². The number of rotatable bonds is 3. The first kappa shape index (κ1) is 10.9. The fourth-order valence-electron chi connectivity index (χ4n) is 1.39. The molecule has 0 radical (unpaired) electrons. The molecular weight excluding hydrogens is 228 g/mol. The largest absolute Gasteiger partial charge is 0.490 e. The Bertz CT molecular complexity index is 615. The molecule has 1 heterocycles. The molecule has 1 aromatic heterocycles. The number of aromatic nitrogens is 3. The van der Waals surface area contributed by atoms with Crippen molar-refractivity contribution in [2.45, 2.75) is 0 Å². The summed E-state index contributed by atoms with van der Waals surface area (Å²) in [5, 5.41) is 14.4. The SMILES string of the molecule is COc1cc(-n2nc[nH]c2=O)ccc1[N+](=O)[O-]. The smallest absolute Gasteiger partial charge is 0.347 e. The van der Waals surface area contributed by atoms with Crippen LogP contribution in [0.5, 0.6) is 5.75 Å². The Morgan fingerprint density at radius 3 is 2.82 bits per heavy atom. The van der Waals surface area contributed by atoms with Gasteiger partial charge in [0.1, 0.15) is 6.33 Å². The average Bonchev–Trinajstić information content (AvgIpc) is 2.74. The molecule has 0 aliphatic carbocycles. The lowest BCUT2D eigenvalue weighted by molar-refractivity contribution is -0.385. The van der Waals surface area contributed by atoms with Crippen molar-refractivity contribution in [1.29, 1.82) is 0 Å². The maximum Gasteiger partial charge on any atom is 0.347 e. The number of H-pyrrole nitrogens is 1. The number of nitro groups is 1. The van der Waals surface area contributed by atoms with Crippen LogP contribution in [-0.4, -0.2) is 26.8 Å². The summed E-state index contributed by atoms with van der Waals surface area (Å²) in [6.45, 7) is 0. The Kier molecular flexibility index (Phi) is 2.61. The lowest BCUT2D eigenvalue weighted by atomic mass is 10.2. The maximum absolute atomic E-state index is 11.3. The van der Waals surface area contributed by atoms with Crippen LogP contribution in [0.25, 0.3) is 5.69 Å². The van der Waals surface area contributed by atoms with E-state index in [1.165, 1.54) is 31.6 Å². The lowest BCUT2D eigenvalue weighted by Crippen LogP contribution is -2.16. The third kappa shape index (κ3) is 1.87. The topological polar surface area (TPSA) is 103 Å². The van der Waals surface area contributed by atoms with E-state index in [0.717, 1.165) is 4.68 Å². The molecule has 0 atom stereocenters. The van der Waals surface area contributed by atoms with E-state index < -0.39 is 10.6 Å². The summed E-state index contributed by atoms with van der Waals surface area (Å²) in [4.78, 5) is 23.8. The van der Waals surface area contributed by atoms with Crippen molar-refractivity contribution in [2.24, 2.45) is 0 Å². The fourth-order valence-corrected chi connectivity index (χ4v) is 1.39. The summed E-state index contributed by atoms with van der Waals surface area (Å²) in [5.41, 5.74) is -0.209. The number of hydrogen-bond acceptors (Lipinski definition) is 5. The molecule has 17 heavy (non-hydrogen) atoms. The van der Waals surface area contributed by atoms with Gasteiger partial charge >= 0.3 is 11.4 Å². The number of nitrogens with one attached hydrogen (secondary N) is 1. The highest BCUT2D eigenvalue weighted by Crippen LogP contribution is 2.28. The van der Waals surface area contributed by atoms with Crippen LogP contribution in [0.4, 0.5) is 5.69 Å². The first-order chi connectivity index (χ1) is 8.13. The van der Waals surface area contributed by atoms with Crippen molar-refractivity contribution in [2.75, 3.05) is 7.11 Å². The highest BCUT2D eigenvalue weighted by Gasteiger charge is 2.16. The summed E-state index contributed by atoms with van der Waals surface area (Å²) in [6.07, 6.45) is 1.23. The highest BCUT2D eigenvalue weighted by molar-refractivity contribution is 5.52. The van der Waals surface area contributed by atoms with Gasteiger partial charge in [0.25, 0.3) is 0 Å². The Morgan fingerprint density at radius 1 is 1.53 bits per heavy atom. The zero-order valence-electron chi connectivity index (χ0n) is 8.78. The van der Waals surface area contributed by atoms with Crippen molar-refractivity contribution < 1.29 is 9.66 Å². The molecule has 0 bridgehead atoms. The van der Waals surface area contributed by atoms with Gasteiger partial charge in [0.05, 0.1) is 17.7 Å². The number of hydrogen-bond donors (Lipinski definition) is 1. The fraction of sp³-hybridized carbons (Fsp3) is 0.111. The average molecular weight is 236 g/mol. The van der Waals surface area contributed by atoms with Crippen molar-refractivity contribution in [3.63, 3.8) is 0 Å². The van der Waals surface area contributed by atoms with E-state index in [1.807, 2.05) is 0 Å². The van der Waals surface area contributed by atoms with E-state index in [0.29, 0.717) is 5.69 Å². The van der Waals surface area contributed by atoms with Crippen LogP contribution < -0.4 is 10.4 Å². The minimum Gasteiger partial charge on any atom is -0.490 e. The van der Waals surface area contributed by atoms with Gasteiger partial charge in [-0.15, -0.1) is 0 Å². The molecule has 0 aliphatic rings. The van der Waals surface area contributed by atoms with Gasteiger partial charge < -0.3 is 4.74 Å². The zero-order chi connectivity index (χ0) is 12.4. The van der Waals surface area contributed by atoms with E-state index in [4.69, 9.17) is 4.74 Å². The first-order valence-corrected chi connectivity index (χ1v) is 4.59. The second kappa shape index (κ2) is 4.08. The Balaban J connectivity index is 2.56. The van der Waals surface area contributed by atoms with Gasteiger partial charge in [0.2, 0.25) is 0 Å². The van der Waals surface area contributed by atoms with Gasteiger partial charge in [-0.3, -0.25) is 15.1 Å². The number of ether oxygens (including phenoxy) is 1. The van der Waals surface area contributed by atoms with Crippen molar-refractivity contribution in [3.8, 4) is 11.4 Å². The van der Waals surface area contributed by atoms with Crippen LogP contribution in [0, 0.1) is 10.1 Å². The third-order valence-electron chi connectivity index (χ3n) is 2.16. The number of nitro benzene ring substituents is 1. The normalized spacial score (nSPS) is 10.2. The molecule has 2 rings (SSSR count). The molecule has 8 heteroatoms. The van der Waals surface area contributed by atoms with Crippen LogP contribution >= 0.6 is 0 Å². The summed E-state index contributed by atoms with van der Waals surface area (Å²) < 4.78 is 5.97. The molecule has 88 valence electrons. The van der Waals surface area contributed by atoms with Crippen LogP contribution in [0.1, 0.15) is 0 Å². The lowest BCUT2D eigenvalue weighted by Gasteiger charge is -2.04. The maximum atomic E-state index is 11.3. The molecule has 1 aromatic carbocycles. The molecule has 0 saturated carbocycles. The summed E-state index contributed by atoms with van der Waals surface area (Å²) >= 11 is 0. The Morgan fingerprint density at radius 2 is 2.29 bits per heavy atom. The molecule has 1 N–H and O–H groups in total. The standard InChI is InChI=1S/C9H8N4O4/c1-17-8-4-6(2-3-7(8)13(15)16)12-9(14)10-5-11-12/h2-5H,1H3,(H,10,11,14). The third-order valence-corrected chi connectivity index (χ3v) is 2.16. The van der Waals surface area contributed by atoms with Crippen LogP contribution in [-0.2, 0) is 0 Å². The second-order valence-electron chi connectivity index (χ2n) is 3.12. The molecule has 0 unspecified atom stereocenters. The van der Waals surface area contributed by atoms with Gasteiger partial charge in [-0.25, -0.2) is 4.79 Å². The van der Waals surface area contributed by atoms with E-state index >= 15 is 0 Å². The summed E-state index contributed by atoms with van der Waals surface area (Å²) in [5.74, 6) is 0.0717. The summed E-state index contributed by atoms with van der Waals surface area (Å²) in [6, 6.07) is 4.05. The second-order valence-corrected chi connectivity index (χ2v) is 3.12. The van der Waals surface area contributed by atoms with Gasteiger partial charge in [-0.1, -0.05) is 0 Å². The number of nitrogens with zero attached hydrogens (tertiary/aromatic N) is 3. The van der Waals surface area contributed by atoms with Crippen molar-refractivity contribution in [1.82, 2.24) is 14.8 Å². The molecule has 0 saturated heterocycles. The highest BCUT2D eigenvalue weighted by atomic mass is 16.6. The van der Waals surface area contributed by atoms with E-state index in [-0.39, 0.29) is 11.4 Å². The number of methoxy groups -OCH3 is 1. The molecule has 8 nitrogen and oxygen atoms in total. The molecule has 0 spiro atoms. The summed E-state index contributed by atoms with van der Waals surface area (Å²) in [7, 11) is 1.32.